The monoisotopic (exact) mass is 290 g/mol. The highest BCUT2D eigenvalue weighted by Gasteiger charge is 2.35. The van der Waals surface area contributed by atoms with Gasteiger partial charge in [0.05, 0.1) is 6.42 Å². The Bertz CT molecular complexity index is 472. The van der Waals surface area contributed by atoms with Gasteiger partial charge in [0.15, 0.2) is 0 Å². The van der Waals surface area contributed by atoms with E-state index in [4.69, 9.17) is 5.73 Å². The van der Waals surface area contributed by atoms with Crippen LogP contribution in [0.2, 0.25) is 0 Å². The lowest BCUT2D eigenvalue weighted by Crippen LogP contribution is -2.52. The van der Waals surface area contributed by atoms with Crippen molar-refractivity contribution < 1.29 is 4.79 Å². The molecule has 108 valence electrons. The van der Waals surface area contributed by atoms with Gasteiger partial charge in [-0.3, -0.25) is 4.79 Å². The van der Waals surface area contributed by atoms with Crippen LogP contribution in [0, 0.1) is 0 Å². The Morgan fingerprint density at radius 1 is 1.25 bits per heavy atom. The zero-order valence-corrected chi connectivity index (χ0v) is 12.6. The second-order valence-corrected chi connectivity index (χ2v) is 7.11. The van der Waals surface area contributed by atoms with Crippen molar-refractivity contribution >= 4 is 23.4 Å². The van der Waals surface area contributed by atoms with Gasteiger partial charge >= 0.3 is 0 Å². The van der Waals surface area contributed by atoms with Crippen molar-refractivity contribution in [2.75, 3.05) is 18.0 Å². The normalized spacial score (nSPS) is 26.1. The predicted octanol–water partition coefficient (Wildman–Crippen LogP) is 2.70. The highest BCUT2D eigenvalue weighted by Crippen LogP contribution is 2.35. The summed E-state index contributed by atoms with van der Waals surface area (Å²) < 4.78 is 0. The molecule has 0 radical (unpaired) electrons. The van der Waals surface area contributed by atoms with Crippen LogP contribution >= 0.6 is 11.8 Å². The van der Waals surface area contributed by atoms with Crippen LogP contribution in [0.25, 0.3) is 0 Å². The van der Waals surface area contributed by atoms with Crippen LogP contribution in [-0.4, -0.2) is 34.4 Å². The molecule has 2 unspecified atom stereocenters. The molecule has 1 aromatic rings. The van der Waals surface area contributed by atoms with Gasteiger partial charge in [0.1, 0.15) is 0 Å². The lowest BCUT2D eigenvalue weighted by molar-refractivity contribution is -0.133. The molecule has 4 heteroatoms. The van der Waals surface area contributed by atoms with Gasteiger partial charge in [0.2, 0.25) is 5.91 Å². The Hall–Kier alpha value is -1.16. The summed E-state index contributed by atoms with van der Waals surface area (Å²) in [5.74, 6) is 1.38. The van der Waals surface area contributed by atoms with Crippen molar-refractivity contribution in [2.24, 2.45) is 0 Å². The molecule has 0 spiro atoms. The number of anilines is 1. The number of nitrogens with two attached hydrogens (primary N) is 1. The molecular formula is C16H22N2OS. The molecule has 0 bridgehead atoms. The molecular weight excluding hydrogens is 268 g/mol. The fraction of sp³-hybridized carbons (Fsp3) is 0.562. The molecule has 2 N–H and O–H groups in total. The lowest BCUT2D eigenvalue weighted by Gasteiger charge is -2.43. The molecule has 2 atom stereocenters. The molecule has 2 fully saturated rings. The summed E-state index contributed by atoms with van der Waals surface area (Å²) in [7, 11) is 0. The quantitative estimate of drug-likeness (QED) is 0.852. The second kappa shape index (κ2) is 6.08. The van der Waals surface area contributed by atoms with Crippen LogP contribution in [0.15, 0.2) is 24.3 Å². The van der Waals surface area contributed by atoms with Gasteiger partial charge in [-0.25, -0.2) is 0 Å². The number of thioether (sulfide) groups is 1. The fourth-order valence-corrected chi connectivity index (χ4v) is 4.76. The summed E-state index contributed by atoms with van der Waals surface area (Å²) in [6.45, 7) is 0.916. The van der Waals surface area contributed by atoms with E-state index in [1.54, 1.807) is 0 Å². The highest BCUT2D eigenvalue weighted by atomic mass is 32.2. The zero-order chi connectivity index (χ0) is 13.9. The Balaban J connectivity index is 1.67. The van der Waals surface area contributed by atoms with Crippen molar-refractivity contribution in [3.63, 3.8) is 0 Å². The first-order valence-corrected chi connectivity index (χ1v) is 8.54. The lowest BCUT2D eigenvalue weighted by atomic mass is 9.93. The van der Waals surface area contributed by atoms with Crippen molar-refractivity contribution in [3.8, 4) is 0 Å². The first-order valence-electron chi connectivity index (χ1n) is 7.49. The molecule has 1 aromatic carbocycles. The fourth-order valence-electron chi connectivity index (χ4n) is 3.32. The Morgan fingerprint density at radius 2 is 2.00 bits per heavy atom. The number of fused-ring (bicyclic) bond motifs is 1. The molecule has 1 heterocycles. The summed E-state index contributed by atoms with van der Waals surface area (Å²) >= 11 is 2.07. The number of carbonyl (C=O) groups is 1. The molecule has 1 aliphatic heterocycles. The maximum absolute atomic E-state index is 12.6. The third kappa shape index (κ3) is 2.95. The van der Waals surface area contributed by atoms with E-state index in [-0.39, 0.29) is 5.91 Å². The van der Waals surface area contributed by atoms with Crippen LogP contribution in [0.3, 0.4) is 0 Å². The van der Waals surface area contributed by atoms with Crippen molar-refractivity contribution in [3.05, 3.63) is 29.8 Å². The molecule has 1 saturated heterocycles. The zero-order valence-electron chi connectivity index (χ0n) is 11.8. The minimum atomic E-state index is 0.284. The van der Waals surface area contributed by atoms with Crippen LogP contribution in [0.5, 0.6) is 0 Å². The van der Waals surface area contributed by atoms with E-state index in [9.17, 15) is 4.79 Å². The van der Waals surface area contributed by atoms with Crippen LogP contribution in [-0.2, 0) is 11.2 Å². The topological polar surface area (TPSA) is 46.3 Å². The SMILES string of the molecule is Nc1ccc(CC(=O)N2CCSC3CCCCC32)cc1. The largest absolute Gasteiger partial charge is 0.399 e. The van der Waals surface area contributed by atoms with Gasteiger partial charge in [0.25, 0.3) is 0 Å². The molecule has 2 aliphatic rings. The molecule has 1 amide bonds. The van der Waals surface area contributed by atoms with E-state index in [2.05, 4.69) is 16.7 Å². The summed E-state index contributed by atoms with van der Waals surface area (Å²) in [6, 6.07) is 8.15. The number of hydrogen-bond donors (Lipinski definition) is 1. The number of nitrogens with zero attached hydrogens (tertiary/aromatic N) is 1. The Labute approximate surface area is 124 Å². The van der Waals surface area contributed by atoms with Gasteiger partial charge in [-0.1, -0.05) is 25.0 Å². The maximum atomic E-state index is 12.6. The average Bonchev–Trinajstić information content (AvgIpc) is 2.49. The van der Waals surface area contributed by atoms with E-state index in [1.807, 2.05) is 24.3 Å². The number of benzene rings is 1. The Morgan fingerprint density at radius 3 is 2.80 bits per heavy atom. The summed E-state index contributed by atoms with van der Waals surface area (Å²) in [4.78, 5) is 14.7. The molecule has 1 saturated carbocycles. The number of hydrogen-bond acceptors (Lipinski definition) is 3. The van der Waals surface area contributed by atoms with Crippen molar-refractivity contribution in [1.82, 2.24) is 4.90 Å². The standard InChI is InChI=1S/C16H22N2OS/c17-13-7-5-12(6-8-13)11-16(19)18-9-10-20-15-4-2-1-3-14(15)18/h5-8,14-15H,1-4,9-11,17H2. The summed E-state index contributed by atoms with van der Waals surface area (Å²) in [5.41, 5.74) is 7.51. The molecule has 1 aliphatic carbocycles. The molecule has 3 rings (SSSR count). The highest BCUT2D eigenvalue weighted by molar-refractivity contribution is 8.00. The third-order valence-electron chi connectivity index (χ3n) is 4.39. The van der Waals surface area contributed by atoms with Crippen molar-refractivity contribution in [1.29, 1.82) is 0 Å². The van der Waals surface area contributed by atoms with E-state index in [1.165, 1.54) is 25.7 Å². The molecule has 0 aromatic heterocycles. The maximum Gasteiger partial charge on any atom is 0.227 e. The average molecular weight is 290 g/mol. The van der Waals surface area contributed by atoms with Crippen molar-refractivity contribution in [2.45, 2.75) is 43.4 Å². The third-order valence-corrected chi connectivity index (χ3v) is 5.78. The number of amides is 1. The van der Waals surface area contributed by atoms with Gasteiger partial charge in [-0.2, -0.15) is 11.8 Å². The number of carbonyl (C=O) groups excluding carboxylic acids is 1. The first kappa shape index (κ1) is 13.8. The minimum Gasteiger partial charge on any atom is -0.399 e. The minimum absolute atomic E-state index is 0.284. The van der Waals surface area contributed by atoms with Gasteiger partial charge in [-0.15, -0.1) is 0 Å². The first-order chi connectivity index (χ1) is 9.74. The number of rotatable bonds is 2. The van der Waals surface area contributed by atoms with E-state index >= 15 is 0 Å². The van der Waals surface area contributed by atoms with Gasteiger partial charge in [-0.05, 0) is 30.5 Å². The molecule has 20 heavy (non-hydrogen) atoms. The summed E-state index contributed by atoms with van der Waals surface area (Å²) in [6.07, 6.45) is 5.57. The predicted molar refractivity (Wildman–Crippen MR) is 84.8 cm³/mol. The van der Waals surface area contributed by atoms with E-state index in [0.29, 0.717) is 17.7 Å². The smallest absolute Gasteiger partial charge is 0.227 e. The summed E-state index contributed by atoms with van der Waals surface area (Å²) in [5, 5.41) is 0.674. The number of nitrogen functional groups attached to an aromatic ring is 1. The van der Waals surface area contributed by atoms with Crippen LogP contribution in [0.1, 0.15) is 31.2 Å². The van der Waals surface area contributed by atoms with Gasteiger partial charge < -0.3 is 10.6 Å². The van der Waals surface area contributed by atoms with Crippen LogP contribution < -0.4 is 5.73 Å². The Kier molecular flexibility index (Phi) is 4.20. The van der Waals surface area contributed by atoms with E-state index in [0.717, 1.165) is 23.5 Å². The molecule has 3 nitrogen and oxygen atoms in total. The van der Waals surface area contributed by atoms with Gasteiger partial charge in [0, 0.05) is 29.3 Å². The van der Waals surface area contributed by atoms with E-state index < -0.39 is 0 Å². The second-order valence-electron chi connectivity index (χ2n) is 5.77. The van der Waals surface area contributed by atoms with Crippen LogP contribution in [0.4, 0.5) is 5.69 Å².